The van der Waals surface area contributed by atoms with E-state index < -0.39 is 5.97 Å². The number of Topliss-reactive ketones (excluding diaryl/α,β-unsaturated/α-hetero) is 1. The summed E-state index contributed by atoms with van der Waals surface area (Å²) in [5, 5.41) is 0.942. The molecule has 0 saturated carbocycles. The highest BCUT2D eigenvalue weighted by atomic mass is 16.5. The number of ketones is 1. The molecule has 7 heteroatoms. The van der Waals surface area contributed by atoms with Gasteiger partial charge in [0, 0.05) is 35.8 Å². The Morgan fingerprint density at radius 1 is 0.943 bits per heavy atom. The molecule has 0 N–H and O–H groups in total. The third-order valence-electron chi connectivity index (χ3n) is 5.99. The number of carbonyl (C=O) groups excluding carboxylic acids is 2. The van der Waals surface area contributed by atoms with Crippen LogP contribution in [0.4, 0.5) is 0 Å². The lowest BCUT2D eigenvalue weighted by molar-refractivity contribution is 0.0734. The van der Waals surface area contributed by atoms with Crippen molar-refractivity contribution in [2.24, 2.45) is 7.05 Å². The molecule has 176 valence electrons. The van der Waals surface area contributed by atoms with Crippen LogP contribution in [0, 0.1) is 6.92 Å². The number of nitrogens with zero attached hydrogens (tertiary/aromatic N) is 1. The topological polar surface area (TPSA) is 76.0 Å². The van der Waals surface area contributed by atoms with E-state index in [0.717, 1.165) is 22.2 Å². The fourth-order valence-electron chi connectivity index (χ4n) is 4.21. The number of methoxy groups -OCH3 is 2. The van der Waals surface area contributed by atoms with Crippen LogP contribution >= 0.6 is 0 Å². The molecule has 4 aromatic rings. The summed E-state index contributed by atoms with van der Waals surface area (Å²) < 4.78 is 23.9. The fraction of sp³-hybridized carbons (Fsp3) is 0.143. The summed E-state index contributed by atoms with van der Waals surface area (Å²) in [7, 11) is 5.11. The van der Waals surface area contributed by atoms with Crippen LogP contribution in [-0.2, 0) is 7.05 Å². The molecule has 0 fully saturated rings. The van der Waals surface area contributed by atoms with Crippen LogP contribution in [0.25, 0.3) is 17.0 Å². The molecule has 7 nitrogen and oxygen atoms in total. The van der Waals surface area contributed by atoms with E-state index in [1.54, 1.807) is 63.6 Å². The average molecular weight is 469 g/mol. The summed E-state index contributed by atoms with van der Waals surface area (Å²) in [5.41, 5.74) is 3.34. The number of benzene rings is 3. The van der Waals surface area contributed by atoms with Crippen molar-refractivity contribution in [3.05, 3.63) is 88.8 Å². The predicted molar refractivity (Wildman–Crippen MR) is 132 cm³/mol. The molecule has 1 aromatic heterocycles. The van der Waals surface area contributed by atoms with Crippen LogP contribution in [0.15, 0.2) is 66.6 Å². The summed E-state index contributed by atoms with van der Waals surface area (Å²) in [6.45, 7) is 1.79. The molecule has 3 aromatic carbocycles. The quantitative estimate of drug-likeness (QED) is 0.223. The lowest BCUT2D eigenvalue weighted by atomic mass is 10.0. The number of ether oxygens (including phenoxy) is 4. The molecule has 0 spiro atoms. The highest BCUT2D eigenvalue weighted by Crippen LogP contribution is 2.38. The minimum atomic E-state index is -0.517. The Kier molecular flexibility index (Phi) is 5.53. The van der Waals surface area contributed by atoms with E-state index >= 15 is 0 Å². The lowest BCUT2D eigenvalue weighted by Crippen LogP contribution is -2.08. The Morgan fingerprint density at radius 3 is 2.37 bits per heavy atom. The molecule has 1 aliphatic heterocycles. The predicted octanol–water partition coefficient (Wildman–Crippen LogP) is 5.34. The molecular formula is C28H23NO6. The van der Waals surface area contributed by atoms with Crippen LogP contribution in [0.2, 0.25) is 0 Å². The van der Waals surface area contributed by atoms with Gasteiger partial charge in [0.2, 0.25) is 5.78 Å². The Bertz CT molecular complexity index is 1510. The van der Waals surface area contributed by atoms with Crippen molar-refractivity contribution < 1.29 is 28.5 Å². The van der Waals surface area contributed by atoms with Gasteiger partial charge in [0.15, 0.2) is 5.76 Å². The molecule has 0 aliphatic carbocycles. The lowest BCUT2D eigenvalue weighted by Gasteiger charge is -2.08. The van der Waals surface area contributed by atoms with Gasteiger partial charge in [0.25, 0.3) is 0 Å². The van der Waals surface area contributed by atoms with E-state index in [-0.39, 0.29) is 11.5 Å². The van der Waals surface area contributed by atoms with Crippen LogP contribution in [0.5, 0.6) is 23.0 Å². The van der Waals surface area contributed by atoms with Crippen LogP contribution in [0.3, 0.4) is 0 Å². The number of aromatic nitrogens is 1. The summed E-state index contributed by atoms with van der Waals surface area (Å²) >= 11 is 0. The minimum Gasteiger partial charge on any atom is -0.497 e. The van der Waals surface area contributed by atoms with Gasteiger partial charge in [-0.3, -0.25) is 4.79 Å². The fourth-order valence-corrected chi connectivity index (χ4v) is 4.21. The van der Waals surface area contributed by atoms with Gasteiger partial charge in [0.05, 0.1) is 25.3 Å². The molecule has 0 radical (unpaired) electrons. The Labute approximate surface area is 202 Å². The molecule has 0 bridgehead atoms. The van der Waals surface area contributed by atoms with Gasteiger partial charge in [-0.1, -0.05) is 0 Å². The largest absolute Gasteiger partial charge is 0.497 e. The van der Waals surface area contributed by atoms with E-state index in [0.29, 0.717) is 33.9 Å². The van der Waals surface area contributed by atoms with Gasteiger partial charge < -0.3 is 23.5 Å². The molecule has 5 rings (SSSR count). The zero-order valence-electron chi connectivity index (χ0n) is 19.7. The third-order valence-corrected chi connectivity index (χ3v) is 5.99. The number of hydrogen-bond acceptors (Lipinski definition) is 6. The van der Waals surface area contributed by atoms with Gasteiger partial charge >= 0.3 is 5.97 Å². The van der Waals surface area contributed by atoms with Crippen LogP contribution in [-0.4, -0.2) is 30.5 Å². The molecule has 0 amide bonds. The van der Waals surface area contributed by atoms with Crippen molar-refractivity contribution in [1.82, 2.24) is 4.57 Å². The van der Waals surface area contributed by atoms with Gasteiger partial charge in [-0.25, -0.2) is 4.79 Å². The Morgan fingerprint density at radius 2 is 1.66 bits per heavy atom. The summed E-state index contributed by atoms with van der Waals surface area (Å²) in [6.07, 6.45) is 3.66. The van der Waals surface area contributed by atoms with Gasteiger partial charge in [-0.05, 0) is 67.1 Å². The normalized spacial score (nSPS) is 13.6. The Hall–Kier alpha value is -4.52. The maximum absolute atomic E-state index is 13.2. The van der Waals surface area contributed by atoms with E-state index in [9.17, 15) is 9.59 Å². The van der Waals surface area contributed by atoms with Crippen molar-refractivity contribution in [2.45, 2.75) is 6.92 Å². The van der Waals surface area contributed by atoms with Crippen LogP contribution in [0.1, 0.15) is 31.8 Å². The monoisotopic (exact) mass is 469 g/mol. The average Bonchev–Trinajstić information content (AvgIpc) is 3.34. The first-order valence-electron chi connectivity index (χ1n) is 11.0. The summed E-state index contributed by atoms with van der Waals surface area (Å²) in [5.74, 6) is 1.50. The van der Waals surface area contributed by atoms with E-state index in [2.05, 4.69) is 0 Å². The SMILES string of the molecule is COc1ccc(C(=O)Oc2cc(C)c3c(c2)O/C(=C\c2cn(C)c4ccc(OC)cc24)C3=O)cc1. The number of aryl methyl sites for hydroxylation is 2. The smallest absolute Gasteiger partial charge is 0.343 e. The number of hydrogen-bond donors (Lipinski definition) is 0. The van der Waals surface area contributed by atoms with E-state index in [1.807, 2.05) is 36.0 Å². The third kappa shape index (κ3) is 4.01. The first-order chi connectivity index (χ1) is 16.9. The van der Waals surface area contributed by atoms with Crippen LogP contribution < -0.4 is 18.9 Å². The highest BCUT2D eigenvalue weighted by molar-refractivity contribution is 6.16. The molecule has 1 aliphatic rings. The number of carbonyl (C=O) groups is 2. The molecule has 0 atom stereocenters. The first-order valence-corrected chi connectivity index (χ1v) is 11.0. The zero-order chi connectivity index (χ0) is 24.7. The first kappa shape index (κ1) is 22.3. The molecule has 0 unspecified atom stereocenters. The summed E-state index contributed by atoms with van der Waals surface area (Å²) in [6, 6.07) is 15.6. The number of fused-ring (bicyclic) bond motifs is 2. The maximum atomic E-state index is 13.2. The number of esters is 1. The molecule has 35 heavy (non-hydrogen) atoms. The van der Waals surface area contributed by atoms with Crippen molar-refractivity contribution in [1.29, 1.82) is 0 Å². The van der Waals surface area contributed by atoms with Gasteiger partial charge in [-0.2, -0.15) is 0 Å². The maximum Gasteiger partial charge on any atom is 0.343 e. The van der Waals surface area contributed by atoms with E-state index in [1.165, 1.54) is 0 Å². The van der Waals surface area contributed by atoms with Gasteiger partial charge in [-0.15, -0.1) is 0 Å². The number of rotatable bonds is 5. The van der Waals surface area contributed by atoms with Crippen molar-refractivity contribution in [3.63, 3.8) is 0 Å². The highest BCUT2D eigenvalue weighted by Gasteiger charge is 2.30. The summed E-state index contributed by atoms with van der Waals surface area (Å²) in [4.78, 5) is 25.7. The minimum absolute atomic E-state index is 0.206. The molecule has 0 saturated heterocycles. The Balaban J connectivity index is 1.44. The molecular weight excluding hydrogens is 446 g/mol. The number of allylic oxidation sites excluding steroid dienone is 1. The second-order valence-electron chi connectivity index (χ2n) is 8.25. The van der Waals surface area contributed by atoms with Crippen molar-refractivity contribution in [3.8, 4) is 23.0 Å². The second kappa shape index (κ2) is 8.68. The van der Waals surface area contributed by atoms with E-state index in [4.69, 9.17) is 18.9 Å². The zero-order valence-corrected chi connectivity index (χ0v) is 19.7. The van der Waals surface area contributed by atoms with Crippen molar-refractivity contribution >= 4 is 28.7 Å². The standard InChI is InChI=1S/C28H23NO6/c1-16-11-21(34-28(31)17-5-7-19(32-3)8-6-17)14-24-26(16)27(30)25(35-24)12-18-15-29(2)23-10-9-20(33-4)13-22(18)23/h5-15H,1-4H3/b25-12-. The molecule has 2 heterocycles. The second-order valence-corrected chi connectivity index (χ2v) is 8.25. The van der Waals surface area contributed by atoms with Gasteiger partial charge in [0.1, 0.15) is 23.0 Å². The van der Waals surface area contributed by atoms with Crippen molar-refractivity contribution in [2.75, 3.05) is 14.2 Å².